The van der Waals surface area contributed by atoms with Gasteiger partial charge in [0.1, 0.15) is 4.88 Å². The van der Waals surface area contributed by atoms with Gasteiger partial charge in [0.25, 0.3) is 0 Å². The average molecular weight is 715 g/mol. The predicted octanol–water partition coefficient (Wildman–Crippen LogP) is 6.02. The van der Waals surface area contributed by atoms with Crippen LogP contribution in [0.1, 0.15) is 52.8 Å². The van der Waals surface area contributed by atoms with Crippen molar-refractivity contribution in [3.8, 4) is 5.88 Å². The molecule has 0 atom stereocenters. The van der Waals surface area contributed by atoms with Crippen molar-refractivity contribution in [3.63, 3.8) is 0 Å². The van der Waals surface area contributed by atoms with E-state index in [0.717, 1.165) is 36.3 Å². The zero-order chi connectivity index (χ0) is 34.4. The zero-order valence-corrected chi connectivity index (χ0v) is 26.5. The molecule has 6 rings (SSSR count). The third-order valence-electron chi connectivity index (χ3n) is 8.35. The topological polar surface area (TPSA) is 132 Å². The van der Waals surface area contributed by atoms with Gasteiger partial charge in [-0.3, -0.25) is 9.89 Å². The summed E-state index contributed by atoms with van der Waals surface area (Å²) in [7, 11) is -3.93. The Balaban J connectivity index is 1.31. The summed E-state index contributed by atoms with van der Waals surface area (Å²) in [6, 6.07) is 6.16. The van der Waals surface area contributed by atoms with Crippen LogP contribution in [0.5, 0.6) is 5.88 Å². The number of piperidine rings is 1. The number of aromatic hydroxyl groups is 1. The van der Waals surface area contributed by atoms with E-state index in [1.54, 1.807) is 23.1 Å². The Labute approximate surface area is 274 Å². The van der Waals surface area contributed by atoms with Gasteiger partial charge >= 0.3 is 22.6 Å². The number of nitrogens with zero attached hydrogens (tertiary/aromatic N) is 4. The third kappa shape index (κ3) is 7.00. The number of alkyl halides is 6. The molecule has 0 radical (unpaired) electrons. The van der Waals surface area contributed by atoms with Crippen LogP contribution >= 0.6 is 11.3 Å². The van der Waals surface area contributed by atoms with Gasteiger partial charge < -0.3 is 10.0 Å². The fraction of sp³-hybridized carbons (Fsp3) is 0.367. The highest BCUT2D eigenvalue weighted by Gasteiger charge is 2.38. The molecule has 48 heavy (non-hydrogen) atoms. The molecule has 18 heteroatoms. The summed E-state index contributed by atoms with van der Waals surface area (Å²) >= 11 is 0.962. The van der Waals surface area contributed by atoms with Gasteiger partial charge in [0.05, 0.1) is 22.8 Å². The number of aromatic nitrogens is 3. The first-order chi connectivity index (χ1) is 22.6. The number of benzene rings is 2. The minimum atomic E-state index is -5.13. The molecule has 4 heterocycles. The predicted molar refractivity (Wildman–Crippen MR) is 166 cm³/mol. The Morgan fingerprint density at radius 1 is 1.00 bits per heavy atom. The Kier molecular flexibility index (Phi) is 8.93. The van der Waals surface area contributed by atoms with Crippen LogP contribution < -0.4 is 9.62 Å². The number of amides is 1. The van der Waals surface area contributed by atoms with Gasteiger partial charge in [0.2, 0.25) is 11.8 Å². The molecule has 0 saturated carbocycles. The van der Waals surface area contributed by atoms with E-state index in [9.17, 15) is 44.7 Å². The minimum absolute atomic E-state index is 0.0529. The van der Waals surface area contributed by atoms with Gasteiger partial charge in [-0.2, -0.15) is 49.1 Å². The number of nitrogens with one attached hydrogen (secondary N) is 2. The summed E-state index contributed by atoms with van der Waals surface area (Å²) in [6.45, 7) is 1.23. The van der Waals surface area contributed by atoms with Crippen LogP contribution in [0.4, 0.5) is 31.5 Å². The van der Waals surface area contributed by atoms with Crippen LogP contribution in [0.2, 0.25) is 0 Å². The monoisotopic (exact) mass is 714 g/mol. The SMILES string of the molecule is O=C(NS(=O)(=O)N1CCCC1)C1CCN(c2nc(O)c(C(=Cc3ccc(C(F)(F)F)cc3C(F)(F)F)c3ccc4[nH]ncc4c3)s2)CC1. The van der Waals surface area contributed by atoms with E-state index in [1.807, 2.05) is 0 Å². The molecule has 256 valence electrons. The second kappa shape index (κ2) is 12.7. The van der Waals surface area contributed by atoms with E-state index >= 15 is 0 Å². The molecule has 2 fully saturated rings. The first-order valence-corrected chi connectivity index (χ1v) is 17.1. The maximum atomic E-state index is 14.1. The molecule has 2 aromatic heterocycles. The number of hydrogen-bond acceptors (Lipinski definition) is 8. The molecule has 10 nitrogen and oxygen atoms in total. The standard InChI is InChI=1S/C30H28F6N6O4S2/c31-29(32,33)21-5-3-19(23(15-21)30(34,35)36)14-22(18-4-6-24-20(13-18)16-37-39-24)25-27(44)38-28(47-25)41-11-7-17(8-12-41)26(43)40-48(45,46)42-9-1-2-10-42/h3-6,13-17,44H,1-2,7-12H2,(H,37,39)(H,40,43). The van der Waals surface area contributed by atoms with Crippen molar-refractivity contribution in [1.82, 2.24) is 24.2 Å². The molecule has 1 amide bonds. The lowest BCUT2D eigenvalue weighted by atomic mass is 9.96. The third-order valence-corrected chi connectivity index (χ3v) is 11.0. The number of rotatable bonds is 7. The maximum Gasteiger partial charge on any atom is 0.417 e. The highest BCUT2D eigenvalue weighted by molar-refractivity contribution is 7.87. The van der Waals surface area contributed by atoms with Crippen LogP contribution in [-0.4, -0.2) is 65.1 Å². The number of anilines is 1. The highest BCUT2D eigenvalue weighted by Crippen LogP contribution is 2.43. The van der Waals surface area contributed by atoms with Crippen molar-refractivity contribution in [3.05, 3.63) is 69.7 Å². The summed E-state index contributed by atoms with van der Waals surface area (Å²) in [5, 5.41) is 18.6. The summed E-state index contributed by atoms with van der Waals surface area (Å²) < 4.78 is 111. The quantitative estimate of drug-likeness (QED) is 0.158. The fourth-order valence-corrected chi connectivity index (χ4v) is 8.14. The van der Waals surface area contributed by atoms with E-state index in [0.29, 0.717) is 40.8 Å². The molecule has 2 aromatic carbocycles. The molecule has 2 saturated heterocycles. The van der Waals surface area contributed by atoms with Gasteiger partial charge in [-0.05, 0) is 67.2 Å². The summed E-state index contributed by atoms with van der Waals surface area (Å²) in [6.07, 6.45) is -5.58. The Morgan fingerprint density at radius 2 is 1.71 bits per heavy atom. The van der Waals surface area contributed by atoms with Gasteiger partial charge in [-0.25, -0.2) is 4.72 Å². The normalized spacial score (nSPS) is 17.4. The molecule has 0 bridgehead atoms. The average Bonchev–Trinajstić information content (AvgIpc) is 3.80. The van der Waals surface area contributed by atoms with Crippen LogP contribution in [0.3, 0.4) is 0 Å². The van der Waals surface area contributed by atoms with Crippen LogP contribution in [-0.2, 0) is 27.4 Å². The molecule has 4 aromatic rings. The summed E-state index contributed by atoms with van der Waals surface area (Å²) in [5.74, 6) is -1.71. The lowest BCUT2D eigenvalue weighted by molar-refractivity contribution is -0.143. The Morgan fingerprint density at radius 3 is 2.38 bits per heavy atom. The number of aromatic amines is 1. The first kappa shape index (κ1) is 33.7. The van der Waals surface area contributed by atoms with Crippen LogP contribution in [0, 0.1) is 5.92 Å². The number of H-pyrrole nitrogens is 1. The summed E-state index contributed by atoms with van der Waals surface area (Å²) in [5.41, 5.74) is -2.47. The molecule has 0 unspecified atom stereocenters. The van der Waals surface area contributed by atoms with E-state index < -0.39 is 57.0 Å². The second-order valence-electron chi connectivity index (χ2n) is 11.5. The van der Waals surface area contributed by atoms with Crippen molar-refractivity contribution >= 4 is 55.1 Å². The van der Waals surface area contributed by atoms with E-state index in [2.05, 4.69) is 19.9 Å². The van der Waals surface area contributed by atoms with Crippen molar-refractivity contribution in [2.45, 2.75) is 38.0 Å². The molecule has 0 spiro atoms. The van der Waals surface area contributed by atoms with E-state index in [4.69, 9.17) is 0 Å². The molecule has 2 aliphatic rings. The van der Waals surface area contributed by atoms with Gasteiger partial charge in [-0.1, -0.05) is 23.5 Å². The number of halogens is 6. The second-order valence-corrected chi connectivity index (χ2v) is 14.2. The largest absolute Gasteiger partial charge is 0.492 e. The molecular formula is C30H28F6N6O4S2. The number of carbonyl (C=O) groups excluding carboxylic acids is 1. The fourth-order valence-electron chi connectivity index (χ4n) is 5.80. The Hall–Kier alpha value is -4.16. The number of fused-ring (bicyclic) bond motifs is 1. The zero-order valence-electron chi connectivity index (χ0n) is 24.9. The van der Waals surface area contributed by atoms with Crippen molar-refractivity contribution in [2.24, 2.45) is 5.92 Å². The first-order valence-electron chi connectivity index (χ1n) is 14.8. The van der Waals surface area contributed by atoms with E-state index in [1.165, 1.54) is 10.5 Å². The van der Waals surface area contributed by atoms with Crippen molar-refractivity contribution in [2.75, 3.05) is 31.1 Å². The van der Waals surface area contributed by atoms with Crippen LogP contribution in [0.15, 0.2) is 42.6 Å². The van der Waals surface area contributed by atoms with Crippen LogP contribution in [0.25, 0.3) is 22.6 Å². The van der Waals surface area contributed by atoms with Gasteiger partial charge in [0, 0.05) is 43.1 Å². The lowest BCUT2D eigenvalue weighted by Gasteiger charge is -2.31. The smallest absolute Gasteiger partial charge is 0.417 e. The minimum Gasteiger partial charge on any atom is -0.492 e. The number of hydrogen-bond donors (Lipinski definition) is 3. The molecule has 3 N–H and O–H groups in total. The number of thiazole rings is 1. The highest BCUT2D eigenvalue weighted by atomic mass is 32.2. The van der Waals surface area contributed by atoms with E-state index in [-0.39, 0.29) is 42.4 Å². The van der Waals surface area contributed by atoms with Gasteiger partial charge in [0.15, 0.2) is 5.13 Å². The molecular weight excluding hydrogens is 686 g/mol. The molecule has 0 aliphatic carbocycles. The summed E-state index contributed by atoms with van der Waals surface area (Å²) in [4.78, 5) is 18.9. The van der Waals surface area contributed by atoms with Crippen molar-refractivity contribution < 1.29 is 44.7 Å². The van der Waals surface area contributed by atoms with Gasteiger partial charge in [-0.15, -0.1) is 0 Å². The molecule has 2 aliphatic heterocycles. The lowest BCUT2D eigenvalue weighted by Crippen LogP contribution is -2.46. The number of carbonyl (C=O) groups is 1. The maximum absolute atomic E-state index is 14.1. The van der Waals surface area contributed by atoms with Crippen molar-refractivity contribution in [1.29, 1.82) is 0 Å². The Bertz CT molecular complexity index is 1970.